The first-order valence-electron chi connectivity index (χ1n) is 8.64. The van der Waals surface area contributed by atoms with Gasteiger partial charge in [0.05, 0.1) is 5.56 Å². The average Bonchev–Trinajstić information content (AvgIpc) is 3.19. The average molecular weight is 368 g/mol. The van der Waals surface area contributed by atoms with Crippen LogP contribution in [-0.4, -0.2) is 28.7 Å². The van der Waals surface area contributed by atoms with Crippen LogP contribution in [0.3, 0.4) is 0 Å². The fourth-order valence-electron chi connectivity index (χ4n) is 3.48. The summed E-state index contributed by atoms with van der Waals surface area (Å²) in [6.07, 6.45) is -0.444. The number of likely N-dealkylation sites (tertiary alicyclic amines) is 1. The van der Waals surface area contributed by atoms with Gasteiger partial charge in [0.15, 0.2) is 0 Å². The van der Waals surface area contributed by atoms with Crippen molar-refractivity contribution in [2.24, 2.45) is 0 Å². The van der Waals surface area contributed by atoms with Crippen molar-refractivity contribution in [3.63, 3.8) is 0 Å². The first-order valence-corrected chi connectivity index (χ1v) is 8.64. The third kappa shape index (κ3) is 2.95. The second-order valence-corrected chi connectivity index (χ2v) is 6.65. The van der Waals surface area contributed by atoms with Gasteiger partial charge >= 0.3 is 5.97 Å². The SMILES string of the molecule is Cc1ccc(NC(=O)[C@@H]2CCC(=O)N2C2OC(=O)c3ccccc32)cc1F. The molecule has 138 valence electrons. The summed E-state index contributed by atoms with van der Waals surface area (Å²) in [5, 5.41) is 2.65. The summed E-state index contributed by atoms with van der Waals surface area (Å²) in [6.45, 7) is 1.63. The van der Waals surface area contributed by atoms with Crippen LogP contribution in [0.15, 0.2) is 42.5 Å². The number of cyclic esters (lactones) is 1. The first-order chi connectivity index (χ1) is 13.0. The van der Waals surface area contributed by atoms with Gasteiger partial charge in [-0.15, -0.1) is 0 Å². The molecular weight excluding hydrogens is 351 g/mol. The number of aryl methyl sites for hydroxylation is 1. The van der Waals surface area contributed by atoms with Gasteiger partial charge in [-0.1, -0.05) is 24.3 Å². The van der Waals surface area contributed by atoms with Crippen LogP contribution < -0.4 is 5.32 Å². The van der Waals surface area contributed by atoms with Gasteiger partial charge in [-0.25, -0.2) is 9.18 Å². The first kappa shape index (κ1) is 17.2. The highest BCUT2D eigenvalue weighted by Crippen LogP contribution is 2.38. The molecule has 1 unspecified atom stereocenters. The van der Waals surface area contributed by atoms with Crippen molar-refractivity contribution in [2.75, 3.05) is 5.32 Å². The van der Waals surface area contributed by atoms with Crippen molar-refractivity contribution < 1.29 is 23.5 Å². The molecule has 0 aromatic heterocycles. The van der Waals surface area contributed by atoms with Gasteiger partial charge in [-0.05, 0) is 37.1 Å². The smallest absolute Gasteiger partial charge is 0.340 e. The van der Waals surface area contributed by atoms with E-state index in [1.54, 1.807) is 43.3 Å². The lowest BCUT2D eigenvalue weighted by molar-refractivity contribution is -0.144. The molecule has 7 heteroatoms. The zero-order chi connectivity index (χ0) is 19.1. The van der Waals surface area contributed by atoms with E-state index in [1.165, 1.54) is 11.0 Å². The zero-order valence-corrected chi connectivity index (χ0v) is 14.6. The van der Waals surface area contributed by atoms with E-state index < -0.39 is 30.0 Å². The van der Waals surface area contributed by atoms with Gasteiger partial charge < -0.3 is 10.1 Å². The minimum absolute atomic E-state index is 0.177. The molecule has 0 radical (unpaired) electrons. The number of hydrogen-bond acceptors (Lipinski definition) is 4. The minimum atomic E-state index is -0.922. The van der Waals surface area contributed by atoms with Crippen molar-refractivity contribution >= 4 is 23.5 Å². The van der Waals surface area contributed by atoms with Crippen LogP contribution in [0.4, 0.5) is 10.1 Å². The molecule has 0 bridgehead atoms. The number of nitrogens with zero attached hydrogens (tertiary/aromatic N) is 1. The van der Waals surface area contributed by atoms with E-state index in [2.05, 4.69) is 5.32 Å². The summed E-state index contributed by atoms with van der Waals surface area (Å²) in [7, 11) is 0. The van der Waals surface area contributed by atoms with Crippen molar-refractivity contribution in [3.8, 4) is 0 Å². The maximum absolute atomic E-state index is 13.7. The Morgan fingerprint density at radius 1 is 1.22 bits per heavy atom. The van der Waals surface area contributed by atoms with Gasteiger partial charge in [-0.2, -0.15) is 0 Å². The summed E-state index contributed by atoms with van der Waals surface area (Å²) in [6, 6.07) is 10.4. The quantitative estimate of drug-likeness (QED) is 0.846. The zero-order valence-electron chi connectivity index (χ0n) is 14.6. The van der Waals surface area contributed by atoms with Crippen molar-refractivity contribution in [3.05, 3.63) is 65.0 Å². The number of halogens is 1. The highest BCUT2D eigenvalue weighted by Gasteiger charge is 2.46. The Hall–Kier alpha value is -3.22. The van der Waals surface area contributed by atoms with Gasteiger partial charge in [0.1, 0.15) is 11.9 Å². The van der Waals surface area contributed by atoms with Gasteiger partial charge in [0.2, 0.25) is 18.0 Å². The number of hydrogen-bond donors (Lipinski definition) is 1. The second-order valence-electron chi connectivity index (χ2n) is 6.65. The number of rotatable bonds is 3. The highest BCUT2D eigenvalue weighted by atomic mass is 19.1. The lowest BCUT2D eigenvalue weighted by atomic mass is 10.1. The molecule has 0 saturated carbocycles. The van der Waals surface area contributed by atoms with Crippen LogP contribution in [0, 0.1) is 12.7 Å². The van der Waals surface area contributed by atoms with E-state index in [0.717, 1.165) is 0 Å². The molecule has 2 atom stereocenters. The van der Waals surface area contributed by atoms with Gasteiger partial charge in [0.25, 0.3) is 0 Å². The molecular formula is C20H17FN2O4. The Kier molecular flexibility index (Phi) is 4.14. The summed E-state index contributed by atoms with van der Waals surface area (Å²) in [5.41, 5.74) is 1.74. The fourth-order valence-corrected chi connectivity index (χ4v) is 3.48. The molecule has 4 rings (SSSR count). The van der Waals surface area contributed by atoms with Crippen LogP contribution >= 0.6 is 0 Å². The van der Waals surface area contributed by atoms with E-state index >= 15 is 0 Å². The predicted octanol–water partition coefficient (Wildman–Crippen LogP) is 2.93. The number of fused-ring (bicyclic) bond motifs is 1. The molecule has 1 fully saturated rings. The van der Waals surface area contributed by atoms with E-state index in [1.807, 2.05) is 0 Å². The number of nitrogens with one attached hydrogen (secondary N) is 1. The van der Waals surface area contributed by atoms with Crippen LogP contribution in [0.2, 0.25) is 0 Å². The van der Waals surface area contributed by atoms with Crippen molar-refractivity contribution in [1.29, 1.82) is 0 Å². The molecule has 27 heavy (non-hydrogen) atoms. The molecule has 2 aliphatic heterocycles. The van der Waals surface area contributed by atoms with E-state index in [0.29, 0.717) is 28.8 Å². The Labute approximate surface area is 154 Å². The summed E-state index contributed by atoms with van der Waals surface area (Å²) in [5.74, 6) is -1.65. The van der Waals surface area contributed by atoms with Crippen LogP contribution in [0.5, 0.6) is 0 Å². The molecule has 6 nitrogen and oxygen atoms in total. The predicted molar refractivity (Wildman–Crippen MR) is 94.2 cm³/mol. The van der Waals surface area contributed by atoms with E-state index in [9.17, 15) is 18.8 Å². The maximum Gasteiger partial charge on any atom is 0.340 e. The number of carbonyl (C=O) groups is 3. The maximum atomic E-state index is 13.7. The molecule has 2 aromatic carbocycles. The Morgan fingerprint density at radius 2 is 2.00 bits per heavy atom. The van der Waals surface area contributed by atoms with Crippen LogP contribution in [0.1, 0.15) is 40.6 Å². The molecule has 2 aliphatic rings. The molecule has 0 aliphatic carbocycles. The molecule has 2 aromatic rings. The molecule has 0 spiro atoms. The van der Waals surface area contributed by atoms with E-state index in [-0.39, 0.29) is 12.3 Å². The normalized spacial score (nSPS) is 21.2. The summed E-state index contributed by atoms with van der Waals surface area (Å²) >= 11 is 0. The van der Waals surface area contributed by atoms with Gasteiger partial charge in [-0.3, -0.25) is 14.5 Å². The standard InChI is InChI=1S/C20H17FN2O4/c1-11-6-7-12(10-15(11)21)22-18(25)16-8-9-17(24)23(16)19-13-4-2-3-5-14(13)20(26)27-19/h2-7,10,16,19H,8-9H2,1H3,(H,22,25)/t16-,19?/m0/s1. The molecule has 2 amide bonds. The Morgan fingerprint density at radius 3 is 2.78 bits per heavy atom. The minimum Gasteiger partial charge on any atom is -0.433 e. The topological polar surface area (TPSA) is 75.7 Å². The highest BCUT2D eigenvalue weighted by molar-refractivity contribution is 6.00. The van der Waals surface area contributed by atoms with E-state index in [4.69, 9.17) is 4.74 Å². The number of esters is 1. The number of ether oxygens (including phenoxy) is 1. The third-order valence-corrected chi connectivity index (χ3v) is 4.92. The molecule has 2 heterocycles. The summed E-state index contributed by atoms with van der Waals surface area (Å²) in [4.78, 5) is 38.6. The fraction of sp³-hybridized carbons (Fsp3) is 0.250. The number of carbonyl (C=O) groups excluding carboxylic acids is 3. The van der Waals surface area contributed by atoms with Gasteiger partial charge in [0, 0.05) is 17.7 Å². The Bertz CT molecular complexity index is 959. The molecule has 1 N–H and O–H groups in total. The second kappa shape index (κ2) is 6.50. The van der Waals surface area contributed by atoms with Crippen LogP contribution in [0.25, 0.3) is 0 Å². The van der Waals surface area contributed by atoms with Crippen LogP contribution in [-0.2, 0) is 14.3 Å². The lowest BCUT2D eigenvalue weighted by Crippen LogP contribution is -2.43. The Balaban J connectivity index is 1.59. The lowest BCUT2D eigenvalue weighted by Gasteiger charge is -2.29. The van der Waals surface area contributed by atoms with Crippen molar-refractivity contribution in [1.82, 2.24) is 4.90 Å². The number of anilines is 1. The monoisotopic (exact) mass is 368 g/mol. The summed E-state index contributed by atoms with van der Waals surface area (Å²) < 4.78 is 19.1. The van der Waals surface area contributed by atoms with Crippen molar-refractivity contribution in [2.45, 2.75) is 32.0 Å². The largest absolute Gasteiger partial charge is 0.433 e. The number of amides is 2. The molecule has 1 saturated heterocycles. The number of benzene rings is 2. The third-order valence-electron chi connectivity index (χ3n) is 4.92.